The van der Waals surface area contributed by atoms with Gasteiger partial charge < -0.3 is 14.8 Å². The van der Waals surface area contributed by atoms with Crippen molar-refractivity contribution in [3.63, 3.8) is 0 Å². The zero-order valence-electron chi connectivity index (χ0n) is 19.4. The zero-order valence-corrected chi connectivity index (χ0v) is 20.1. The van der Waals surface area contributed by atoms with Gasteiger partial charge in [0.25, 0.3) is 0 Å². The molecule has 0 fully saturated rings. The van der Waals surface area contributed by atoms with E-state index in [-0.39, 0.29) is 23.3 Å². The maximum Gasteiger partial charge on any atom is 0.343 e. The van der Waals surface area contributed by atoms with Gasteiger partial charge in [0.1, 0.15) is 11.3 Å². The van der Waals surface area contributed by atoms with Crippen molar-refractivity contribution in [2.75, 3.05) is 11.9 Å². The number of rotatable bonds is 6. The van der Waals surface area contributed by atoms with E-state index < -0.39 is 11.9 Å². The smallest absolute Gasteiger partial charge is 0.343 e. The van der Waals surface area contributed by atoms with E-state index in [1.807, 2.05) is 31.2 Å². The number of benzene rings is 3. The van der Waals surface area contributed by atoms with E-state index in [4.69, 9.17) is 21.1 Å². The Balaban J connectivity index is 1.40. The van der Waals surface area contributed by atoms with Gasteiger partial charge >= 0.3 is 11.9 Å². The molecule has 2 aliphatic rings. The summed E-state index contributed by atoms with van der Waals surface area (Å²) in [6, 6.07) is 20.3. The van der Waals surface area contributed by atoms with Crippen LogP contribution in [0.3, 0.4) is 0 Å². The molecule has 3 unspecified atom stereocenters. The number of anilines is 1. The van der Waals surface area contributed by atoms with E-state index in [1.165, 1.54) is 5.56 Å². The first-order chi connectivity index (χ1) is 17.0. The highest BCUT2D eigenvalue weighted by Gasteiger charge is 2.38. The number of nitrogens with one attached hydrogen (secondary N) is 1. The number of ether oxygens (including phenoxy) is 2. The van der Waals surface area contributed by atoms with Gasteiger partial charge in [-0.05, 0) is 72.4 Å². The number of allylic oxidation sites excluding steroid dienone is 2. The Morgan fingerprint density at radius 2 is 1.83 bits per heavy atom. The summed E-state index contributed by atoms with van der Waals surface area (Å²) in [6.45, 7) is 2.23. The van der Waals surface area contributed by atoms with Gasteiger partial charge in [0.05, 0.1) is 18.2 Å². The summed E-state index contributed by atoms with van der Waals surface area (Å²) in [7, 11) is 0. The second-order valence-electron chi connectivity index (χ2n) is 8.85. The van der Waals surface area contributed by atoms with Crippen molar-refractivity contribution in [1.82, 2.24) is 0 Å². The lowest BCUT2D eigenvalue weighted by Gasteiger charge is -2.37. The van der Waals surface area contributed by atoms with Gasteiger partial charge in [-0.1, -0.05) is 54.9 Å². The monoisotopic (exact) mass is 487 g/mol. The second kappa shape index (κ2) is 9.96. The van der Waals surface area contributed by atoms with Crippen molar-refractivity contribution in [2.24, 2.45) is 5.92 Å². The van der Waals surface area contributed by atoms with Crippen LogP contribution >= 0.6 is 11.6 Å². The summed E-state index contributed by atoms with van der Waals surface area (Å²) in [6.07, 6.45) is 6.10. The quantitative estimate of drug-likeness (QED) is 0.231. The van der Waals surface area contributed by atoms with E-state index in [9.17, 15) is 9.59 Å². The Labute approximate surface area is 209 Å². The summed E-state index contributed by atoms with van der Waals surface area (Å²) in [5.74, 6) is -0.296. The summed E-state index contributed by atoms with van der Waals surface area (Å²) < 4.78 is 10.9. The number of fused-ring (bicyclic) bond motifs is 3. The predicted molar refractivity (Wildman–Crippen MR) is 136 cm³/mol. The standard InChI is InChI=1S/C29H26ClNO4/c1-2-16-34-29(33)23-6-3-4-9-26(23)35-28(32)19-12-15-25-24(17-19)21-7-5-8-22(21)27(31-25)18-10-13-20(30)14-11-18/h3-7,9-15,17,21-22,27,31H,2,8,16H2,1H3. The average molecular weight is 488 g/mol. The second-order valence-corrected chi connectivity index (χ2v) is 9.29. The van der Waals surface area contributed by atoms with Crippen LogP contribution in [-0.4, -0.2) is 18.5 Å². The molecule has 3 atom stereocenters. The van der Waals surface area contributed by atoms with E-state index in [0.29, 0.717) is 24.5 Å². The zero-order chi connectivity index (χ0) is 24.4. The topological polar surface area (TPSA) is 64.6 Å². The first-order valence-electron chi connectivity index (χ1n) is 11.9. The molecule has 1 heterocycles. The van der Waals surface area contributed by atoms with Crippen LogP contribution in [0.4, 0.5) is 5.69 Å². The Bertz CT molecular complexity index is 1280. The molecule has 0 aromatic heterocycles. The van der Waals surface area contributed by atoms with Crippen LogP contribution in [0.25, 0.3) is 0 Å². The summed E-state index contributed by atoms with van der Waals surface area (Å²) in [5, 5.41) is 4.38. The first kappa shape index (κ1) is 23.2. The summed E-state index contributed by atoms with van der Waals surface area (Å²) in [4.78, 5) is 25.5. The molecule has 3 aromatic carbocycles. The maximum absolute atomic E-state index is 13.1. The van der Waals surface area contributed by atoms with Crippen molar-refractivity contribution < 1.29 is 19.1 Å². The van der Waals surface area contributed by atoms with Gasteiger partial charge in [-0.2, -0.15) is 0 Å². The van der Waals surface area contributed by atoms with E-state index in [0.717, 1.165) is 22.7 Å². The van der Waals surface area contributed by atoms with Gasteiger partial charge in [0.15, 0.2) is 0 Å². The minimum atomic E-state index is -0.512. The van der Waals surface area contributed by atoms with Crippen LogP contribution in [0.2, 0.25) is 5.02 Å². The lowest BCUT2D eigenvalue weighted by atomic mass is 9.76. The molecule has 1 aliphatic heterocycles. The Morgan fingerprint density at radius 3 is 2.63 bits per heavy atom. The molecule has 0 saturated carbocycles. The van der Waals surface area contributed by atoms with Gasteiger partial charge in [0, 0.05) is 16.6 Å². The van der Waals surface area contributed by atoms with Crippen LogP contribution in [-0.2, 0) is 4.74 Å². The number of hydrogen-bond donors (Lipinski definition) is 1. The number of hydrogen-bond acceptors (Lipinski definition) is 5. The Hall–Kier alpha value is -3.57. The number of carbonyl (C=O) groups excluding carboxylic acids is 2. The molecule has 0 spiro atoms. The van der Waals surface area contributed by atoms with Crippen LogP contribution in [0.5, 0.6) is 5.75 Å². The molecule has 6 heteroatoms. The predicted octanol–water partition coefficient (Wildman–Crippen LogP) is 6.95. The highest BCUT2D eigenvalue weighted by atomic mass is 35.5. The number of halogens is 1. The molecular weight excluding hydrogens is 462 g/mol. The molecule has 3 aromatic rings. The molecule has 5 nitrogen and oxygen atoms in total. The molecule has 178 valence electrons. The SMILES string of the molecule is CCCOC(=O)c1ccccc1OC(=O)c1ccc2c(c1)C1C=CCC1C(c1ccc(Cl)cc1)N2. The molecule has 35 heavy (non-hydrogen) atoms. The third-order valence-corrected chi connectivity index (χ3v) is 6.83. The molecule has 0 saturated heterocycles. The molecule has 0 bridgehead atoms. The molecule has 1 N–H and O–H groups in total. The third kappa shape index (κ3) is 4.69. The van der Waals surface area contributed by atoms with Crippen molar-refractivity contribution in [3.8, 4) is 5.75 Å². The fourth-order valence-electron chi connectivity index (χ4n) is 4.88. The van der Waals surface area contributed by atoms with E-state index in [2.05, 4.69) is 29.6 Å². The molecule has 0 amide bonds. The number of carbonyl (C=O) groups is 2. The van der Waals surface area contributed by atoms with Crippen molar-refractivity contribution in [2.45, 2.75) is 31.7 Å². The molecule has 1 aliphatic carbocycles. The molecule has 5 rings (SSSR count). The molecular formula is C29H26ClNO4. The Morgan fingerprint density at radius 1 is 1.03 bits per heavy atom. The van der Waals surface area contributed by atoms with Crippen LogP contribution in [0, 0.1) is 5.92 Å². The van der Waals surface area contributed by atoms with Crippen molar-refractivity contribution in [1.29, 1.82) is 0 Å². The first-order valence-corrected chi connectivity index (χ1v) is 12.2. The largest absolute Gasteiger partial charge is 0.462 e. The highest BCUT2D eigenvalue weighted by molar-refractivity contribution is 6.30. The third-order valence-electron chi connectivity index (χ3n) is 6.57. The van der Waals surface area contributed by atoms with Crippen molar-refractivity contribution in [3.05, 3.63) is 106 Å². The van der Waals surface area contributed by atoms with Crippen LogP contribution < -0.4 is 10.1 Å². The lowest BCUT2D eigenvalue weighted by Crippen LogP contribution is -2.29. The van der Waals surface area contributed by atoms with E-state index >= 15 is 0 Å². The average Bonchev–Trinajstić information content (AvgIpc) is 3.38. The minimum absolute atomic E-state index is 0.151. The van der Waals surface area contributed by atoms with Crippen LogP contribution in [0.1, 0.15) is 63.6 Å². The summed E-state index contributed by atoms with van der Waals surface area (Å²) >= 11 is 6.10. The van der Waals surface area contributed by atoms with Gasteiger partial charge in [-0.25, -0.2) is 9.59 Å². The number of para-hydroxylation sites is 1. The van der Waals surface area contributed by atoms with E-state index in [1.54, 1.807) is 30.3 Å². The van der Waals surface area contributed by atoms with Gasteiger partial charge in [-0.15, -0.1) is 0 Å². The number of esters is 2. The maximum atomic E-state index is 13.1. The normalized spacial score (nSPS) is 19.9. The summed E-state index contributed by atoms with van der Waals surface area (Å²) in [5.41, 5.74) is 3.93. The Kier molecular flexibility index (Phi) is 6.60. The van der Waals surface area contributed by atoms with Crippen molar-refractivity contribution >= 4 is 29.2 Å². The minimum Gasteiger partial charge on any atom is -0.462 e. The highest BCUT2D eigenvalue weighted by Crippen LogP contribution is 2.50. The van der Waals surface area contributed by atoms with Gasteiger partial charge in [-0.3, -0.25) is 0 Å². The fraction of sp³-hybridized carbons (Fsp3) is 0.241. The van der Waals surface area contributed by atoms with Gasteiger partial charge in [0.2, 0.25) is 0 Å². The lowest BCUT2D eigenvalue weighted by molar-refractivity contribution is 0.0499. The molecule has 0 radical (unpaired) electrons. The van der Waals surface area contributed by atoms with Crippen LogP contribution in [0.15, 0.2) is 78.9 Å². The fourth-order valence-corrected chi connectivity index (χ4v) is 5.00.